The van der Waals surface area contributed by atoms with Crippen molar-refractivity contribution in [3.63, 3.8) is 0 Å². The van der Waals surface area contributed by atoms with E-state index in [-0.39, 0.29) is 0 Å². The van der Waals surface area contributed by atoms with E-state index < -0.39 is 0 Å². The van der Waals surface area contributed by atoms with Crippen molar-refractivity contribution in [1.82, 2.24) is 0 Å². The fraction of sp³-hybridized carbons (Fsp3) is 0.154. The maximum absolute atomic E-state index is 6.12. The molecular weight excluding hydrogens is 560 g/mol. The molecule has 0 aliphatic rings. The van der Waals surface area contributed by atoms with Gasteiger partial charge in [-0.1, -0.05) is 72.8 Å². The highest BCUT2D eigenvalue weighted by Gasteiger charge is 2.13. The number of nitrogens with two attached hydrogens (primary N) is 1. The van der Waals surface area contributed by atoms with Gasteiger partial charge in [-0.3, -0.25) is 0 Å². The van der Waals surface area contributed by atoms with Crippen LogP contribution in [0.25, 0.3) is 24.3 Å². The topological polar surface area (TPSA) is 66.8 Å². The smallest absolute Gasteiger partial charge is 0.205 e. The first-order valence-electron chi connectivity index (χ1n) is 15.0. The average Bonchev–Trinajstić information content (AvgIpc) is 3.09. The van der Waals surface area contributed by atoms with E-state index in [4.69, 9.17) is 24.7 Å². The van der Waals surface area contributed by atoms with E-state index in [0.29, 0.717) is 49.3 Å². The fourth-order valence-electron chi connectivity index (χ4n) is 4.91. The van der Waals surface area contributed by atoms with Crippen molar-refractivity contribution in [2.24, 2.45) is 5.73 Å². The summed E-state index contributed by atoms with van der Waals surface area (Å²) < 4.78 is 25.5. The number of nitrogens with zero attached hydrogens (tertiary/aromatic N) is 1. The minimum Gasteiger partial charge on any atom is -0.493 e. The van der Waals surface area contributed by atoms with Crippen LogP contribution in [0, 0.1) is 0 Å². The molecule has 0 bridgehead atoms. The number of benzene rings is 4. The van der Waals surface area contributed by atoms with Crippen LogP contribution in [0.15, 0.2) is 115 Å². The second-order valence-corrected chi connectivity index (χ2v) is 10.4. The Morgan fingerprint density at radius 1 is 0.533 bits per heavy atom. The lowest BCUT2D eigenvalue weighted by Gasteiger charge is -2.11. The Labute approximate surface area is 265 Å². The molecular formula is C39H39N2O4+. The molecule has 0 saturated heterocycles. The first kappa shape index (κ1) is 31.1. The van der Waals surface area contributed by atoms with Crippen LogP contribution in [0.2, 0.25) is 0 Å². The number of hydrogen-bond donors (Lipinski definition) is 1. The van der Waals surface area contributed by atoms with E-state index in [2.05, 4.69) is 47.1 Å². The molecule has 6 nitrogen and oxygen atoms in total. The molecule has 0 saturated carbocycles. The second kappa shape index (κ2) is 15.9. The van der Waals surface area contributed by atoms with Gasteiger partial charge in [-0.15, -0.1) is 0 Å². The first-order valence-corrected chi connectivity index (χ1v) is 15.0. The van der Waals surface area contributed by atoms with Gasteiger partial charge < -0.3 is 24.7 Å². The summed E-state index contributed by atoms with van der Waals surface area (Å²) in [7, 11) is 3.30. The van der Waals surface area contributed by atoms with Crippen molar-refractivity contribution in [1.29, 1.82) is 0 Å². The van der Waals surface area contributed by atoms with Crippen molar-refractivity contribution in [2.75, 3.05) is 20.8 Å². The van der Waals surface area contributed by atoms with Crippen molar-refractivity contribution < 1.29 is 23.5 Å². The van der Waals surface area contributed by atoms with Gasteiger partial charge in [-0.05, 0) is 64.7 Å². The maximum Gasteiger partial charge on any atom is 0.205 e. The molecule has 5 aromatic rings. The molecule has 5 rings (SSSR count). The molecule has 0 aliphatic heterocycles. The molecule has 45 heavy (non-hydrogen) atoms. The lowest BCUT2D eigenvalue weighted by Crippen LogP contribution is -2.43. The normalized spacial score (nSPS) is 11.2. The average molecular weight is 600 g/mol. The molecule has 0 fully saturated rings. The fourth-order valence-corrected chi connectivity index (χ4v) is 4.91. The monoisotopic (exact) mass is 599 g/mol. The predicted octanol–water partition coefficient (Wildman–Crippen LogP) is 7.45. The lowest BCUT2D eigenvalue weighted by molar-refractivity contribution is -0.697. The van der Waals surface area contributed by atoms with E-state index in [1.165, 1.54) is 0 Å². The summed E-state index contributed by atoms with van der Waals surface area (Å²) in [4.78, 5) is 0. The third-order valence-corrected chi connectivity index (χ3v) is 7.25. The van der Waals surface area contributed by atoms with Gasteiger partial charge in [-0.25, -0.2) is 0 Å². The van der Waals surface area contributed by atoms with Crippen molar-refractivity contribution in [3.8, 4) is 23.0 Å². The number of aromatic nitrogens is 1. The SMILES string of the molecule is COc1ccc(/C=C/c2cccc(/C=C/c3ccc(OC)c(OCc4ccccc4)c3)[n+]2CCN)cc1OCc1ccccc1. The Kier molecular flexibility index (Phi) is 11.0. The van der Waals surface area contributed by atoms with Crippen LogP contribution in [0.1, 0.15) is 33.6 Å². The van der Waals surface area contributed by atoms with Gasteiger partial charge in [0.15, 0.2) is 29.5 Å². The molecule has 0 radical (unpaired) electrons. The molecule has 228 valence electrons. The quantitative estimate of drug-likeness (QED) is 0.134. The maximum atomic E-state index is 6.12. The number of pyridine rings is 1. The zero-order valence-electron chi connectivity index (χ0n) is 25.8. The van der Waals surface area contributed by atoms with Crippen LogP contribution in [-0.2, 0) is 19.8 Å². The van der Waals surface area contributed by atoms with E-state index >= 15 is 0 Å². The van der Waals surface area contributed by atoms with Gasteiger partial charge in [0.05, 0.1) is 20.8 Å². The zero-order valence-corrected chi connectivity index (χ0v) is 25.8. The standard InChI is InChI=1S/C39H39N2O4/c1-42-36-22-18-30(26-38(36)44-28-32-10-5-3-6-11-32)16-20-34-14-9-15-35(41(34)25-24-40)21-17-31-19-23-37(43-2)39(27-31)45-29-33-12-7-4-8-13-33/h3-23,26-27H,24-25,28-29,40H2,1-2H3/q+1/b20-16+,21-17+. The van der Waals surface area contributed by atoms with Crippen LogP contribution in [-0.4, -0.2) is 20.8 Å². The number of ether oxygens (including phenoxy) is 4. The van der Waals surface area contributed by atoms with E-state index in [0.717, 1.165) is 33.6 Å². The number of methoxy groups -OCH3 is 2. The Bertz CT molecular complexity index is 1610. The van der Waals surface area contributed by atoms with Gasteiger partial charge in [0, 0.05) is 24.3 Å². The summed E-state index contributed by atoms with van der Waals surface area (Å²) in [6.45, 7) is 2.10. The Balaban J connectivity index is 1.35. The molecule has 0 unspecified atom stereocenters. The van der Waals surface area contributed by atoms with Gasteiger partial charge in [0.25, 0.3) is 0 Å². The minimum atomic E-state index is 0.462. The Morgan fingerprint density at radius 3 is 1.42 bits per heavy atom. The van der Waals surface area contributed by atoms with Crippen molar-refractivity contribution >= 4 is 24.3 Å². The Hall–Kier alpha value is -5.33. The van der Waals surface area contributed by atoms with Crippen LogP contribution in [0.4, 0.5) is 0 Å². The third-order valence-electron chi connectivity index (χ3n) is 7.25. The molecule has 1 heterocycles. The summed E-state index contributed by atoms with van der Waals surface area (Å²) in [6.07, 6.45) is 8.34. The van der Waals surface area contributed by atoms with E-state index in [1.807, 2.05) is 97.1 Å². The molecule has 0 atom stereocenters. The van der Waals surface area contributed by atoms with E-state index in [1.54, 1.807) is 14.2 Å². The van der Waals surface area contributed by atoms with E-state index in [9.17, 15) is 0 Å². The molecule has 0 aliphatic carbocycles. The summed E-state index contributed by atoms with van der Waals surface area (Å²) in [5.41, 5.74) is 12.3. The highest BCUT2D eigenvalue weighted by molar-refractivity contribution is 5.71. The molecule has 0 spiro atoms. The summed E-state index contributed by atoms with van der Waals surface area (Å²) in [5, 5.41) is 0. The van der Waals surface area contributed by atoms with Crippen LogP contribution in [0.5, 0.6) is 23.0 Å². The predicted molar refractivity (Wildman–Crippen MR) is 181 cm³/mol. The highest BCUT2D eigenvalue weighted by atomic mass is 16.5. The lowest BCUT2D eigenvalue weighted by atomic mass is 10.1. The van der Waals surface area contributed by atoms with Gasteiger partial charge >= 0.3 is 0 Å². The summed E-state index contributed by atoms with van der Waals surface area (Å²) in [6, 6.07) is 38.3. The highest BCUT2D eigenvalue weighted by Crippen LogP contribution is 2.31. The van der Waals surface area contributed by atoms with Gasteiger partial charge in [0.2, 0.25) is 11.4 Å². The summed E-state index contributed by atoms with van der Waals surface area (Å²) >= 11 is 0. The molecule has 0 amide bonds. The molecule has 2 N–H and O–H groups in total. The number of rotatable bonds is 14. The van der Waals surface area contributed by atoms with Crippen molar-refractivity contribution in [3.05, 3.63) is 149 Å². The third kappa shape index (κ3) is 8.62. The van der Waals surface area contributed by atoms with Gasteiger partial charge in [-0.2, -0.15) is 4.57 Å². The molecule has 6 heteroatoms. The largest absolute Gasteiger partial charge is 0.493 e. The van der Waals surface area contributed by atoms with Crippen molar-refractivity contribution in [2.45, 2.75) is 19.8 Å². The minimum absolute atomic E-state index is 0.462. The van der Waals surface area contributed by atoms with Crippen LogP contribution in [0.3, 0.4) is 0 Å². The summed E-state index contributed by atoms with van der Waals surface area (Å²) in [5.74, 6) is 2.78. The zero-order chi connectivity index (χ0) is 31.3. The van der Waals surface area contributed by atoms with Crippen LogP contribution < -0.4 is 29.2 Å². The van der Waals surface area contributed by atoms with Crippen LogP contribution >= 0.6 is 0 Å². The van der Waals surface area contributed by atoms with Gasteiger partial charge in [0.1, 0.15) is 13.2 Å². The molecule has 4 aromatic carbocycles. The number of hydrogen-bond acceptors (Lipinski definition) is 5. The Morgan fingerprint density at radius 2 is 1.00 bits per heavy atom. The first-order chi connectivity index (χ1) is 22.2. The molecule has 1 aromatic heterocycles. The second-order valence-electron chi connectivity index (χ2n) is 10.4.